The van der Waals surface area contributed by atoms with Gasteiger partial charge in [-0.05, 0) is 62.5 Å². The average molecular weight is 331 g/mol. The second-order valence-electron chi connectivity index (χ2n) is 6.76. The van der Waals surface area contributed by atoms with Gasteiger partial charge in [-0.15, -0.1) is 0 Å². The Bertz CT molecular complexity index is 664. The lowest BCUT2D eigenvalue weighted by atomic mass is 9.94. The van der Waals surface area contributed by atoms with E-state index in [0.717, 1.165) is 35.9 Å². The van der Waals surface area contributed by atoms with Crippen molar-refractivity contribution in [3.8, 4) is 5.75 Å². The Morgan fingerprint density at radius 2 is 2.17 bits per heavy atom. The molecule has 1 aromatic heterocycles. The molecule has 0 aliphatic rings. The fourth-order valence-electron chi connectivity index (χ4n) is 3.09. The van der Waals surface area contributed by atoms with E-state index in [4.69, 9.17) is 10.5 Å². The molecular formula is C19H29N3O2. The normalized spacial score (nSPS) is 12.7. The van der Waals surface area contributed by atoms with Crippen molar-refractivity contribution in [3.63, 3.8) is 0 Å². The van der Waals surface area contributed by atoms with Crippen LogP contribution in [0.25, 0.3) is 10.9 Å². The minimum absolute atomic E-state index is 0.173. The number of aromatic amines is 1. The van der Waals surface area contributed by atoms with Crippen molar-refractivity contribution < 1.29 is 9.53 Å². The first-order valence-electron chi connectivity index (χ1n) is 8.69. The average Bonchev–Trinajstić information content (AvgIpc) is 2.96. The zero-order valence-electron chi connectivity index (χ0n) is 14.9. The number of nitrogens with two attached hydrogens (primary N) is 1. The van der Waals surface area contributed by atoms with E-state index >= 15 is 0 Å². The number of benzene rings is 1. The Morgan fingerprint density at radius 1 is 1.38 bits per heavy atom. The van der Waals surface area contributed by atoms with Gasteiger partial charge in [0.25, 0.3) is 0 Å². The van der Waals surface area contributed by atoms with Gasteiger partial charge in [-0.25, -0.2) is 0 Å². The molecule has 2 aromatic rings. The maximum atomic E-state index is 12.4. The number of likely N-dealkylation sites (N-methyl/N-ethyl adjacent to an activating group) is 1. The van der Waals surface area contributed by atoms with E-state index in [9.17, 15) is 4.79 Å². The molecule has 1 heterocycles. The third-order valence-electron chi connectivity index (χ3n) is 4.21. The van der Waals surface area contributed by atoms with Crippen LogP contribution in [-0.2, 0) is 11.2 Å². The lowest BCUT2D eigenvalue weighted by Crippen LogP contribution is -2.22. The minimum atomic E-state index is -0.209. The Kier molecular flexibility index (Phi) is 6.82. The molecule has 0 aliphatic carbocycles. The van der Waals surface area contributed by atoms with Gasteiger partial charge in [0.1, 0.15) is 5.75 Å². The van der Waals surface area contributed by atoms with Gasteiger partial charge in [0.15, 0.2) is 0 Å². The molecule has 5 nitrogen and oxygen atoms in total. The Balaban J connectivity index is 2.13. The van der Waals surface area contributed by atoms with Crippen LogP contribution in [0.5, 0.6) is 5.75 Å². The molecule has 0 fully saturated rings. The molecule has 5 heteroatoms. The highest BCUT2D eigenvalue weighted by molar-refractivity contribution is 5.91. The number of H-pyrrole nitrogens is 1. The summed E-state index contributed by atoms with van der Waals surface area (Å²) in [5.41, 5.74) is 7.94. The van der Waals surface area contributed by atoms with E-state index in [1.54, 1.807) is 0 Å². The molecule has 0 spiro atoms. The van der Waals surface area contributed by atoms with E-state index in [2.05, 4.69) is 24.1 Å². The Morgan fingerprint density at radius 3 is 2.83 bits per heavy atom. The summed E-state index contributed by atoms with van der Waals surface area (Å²) in [6, 6.07) is 5.76. The Hall–Kier alpha value is -1.85. The smallest absolute Gasteiger partial charge is 0.311 e. The monoisotopic (exact) mass is 331 g/mol. The maximum absolute atomic E-state index is 12.4. The highest BCUT2D eigenvalue weighted by Crippen LogP contribution is 2.29. The topological polar surface area (TPSA) is 80.1 Å². The van der Waals surface area contributed by atoms with Crippen LogP contribution in [0.1, 0.15) is 32.3 Å². The van der Waals surface area contributed by atoms with Crippen LogP contribution in [0.2, 0.25) is 0 Å². The van der Waals surface area contributed by atoms with Crippen LogP contribution in [0, 0.1) is 11.8 Å². The molecule has 132 valence electrons. The number of hydrogen-bond donors (Lipinski definition) is 3. The van der Waals surface area contributed by atoms with Crippen LogP contribution in [0.3, 0.4) is 0 Å². The lowest BCUT2D eigenvalue weighted by molar-refractivity contribution is -0.135. The number of rotatable bonds is 9. The molecule has 0 saturated heterocycles. The fraction of sp³-hybridized carbons (Fsp3) is 0.526. The first-order chi connectivity index (χ1) is 11.5. The lowest BCUT2D eigenvalue weighted by Gasteiger charge is -2.16. The molecule has 0 bridgehead atoms. The number of aromatic nitrogens is 1. The van der Waals surface area contributed by atoms with Crippen molar-refractivity contribution in [2.75, 3.05) is 20.1 Å². The van der Waals surface area contributed by atoms with E-state index in [1.165, 1.54) is 0 Å². The quantitative estimate of drug-likeness (QED) is 0.487. The van der Waals surface area contributed by atoms with Crippen molar-refractivity contribution in [3.05, 3.63) is 30.0 Å². The summed E-state index contributed by atoms with van der Waals surface area (Å²) in [4.78, 5) is 15.6. The van der Waals surface area contributed by atoms with Gasteiger partial charge in [0.05, 0.1) is 0 Å². The molecule has 2 rings (SSSR count). The zero-order chi connectivity index (χ0) is 17.5. The number of carbonyl (C=O) groups is 1. The number of nitrogens with one attached hydrogen (secondary N) is 2. The van der Waals surface area contributed by atoms with Crippen molar-refractivity contribution in [1.29, 1.82) is 0 Å². The number of fused-ring (bicyclic) bond motifs is 1. The van der Waals surface area contributed by atoms with Gasteiger partial charge < -0.3 is 20.8 Å². The molecule has 24 heavy (non-hydrogen) atoms. The van der Waals surface area contributed by atoms with Gasteiger partial charge in [0.2, 0.25) is 0 Å². The summed E-state index contributed by atoms with van der Waals surface area (Å²) in [7, 11) is 1.93. The van der Waals surface area contributed by atoms with Crippen LogP contribution in [0.15, 0.2) is 24.4 Å². The van der Waals surface area contributed by atoms with Crippen LogP contribution < -0.4 is 15.8 Å². The van der Waals surface area contributed by atoms with E-state index < -0.39 is 0 Å². The van der Waals surface area contributed by atoms with Crippen molar-refractivity contribution in [2.24, 2.45) is 17.6 Å². The molecule has 4 N–H and O–H groups in total. The zero-order valence-corrected chi connectivity index (χ0v) is 14.9. The summed E-state index contributed by atoms with van der Waals surface area (Å²) < 4.78 is 5.69. The first kappa shape index (κ1) is 18.5. The molecule has 0 radical (unpaired) electrons. The standard InChI is InChI=1S/C19H29N3O2/c1-13(2)9-14(11-20)10-18(23)24-17-6-4-5-16-19(17)15(12-22-16)7-8-21-3/h4-6,12-14,21-22H,7-11,20H2,1-3H3/t14-/m0/s1. The van der Waals surface area contributed by atoms with Gasteiger partial charge in [-0.2, -0.15) is 0 Å². The number of hydrogen-bond acceptors (Lipinski definition) is 4. The molecule has 0 aliphatic heterocycles. The third-order valence-corrected chi connectivity index (χ3v) is 4.21. The largest absolute Gasteiger partial charge is 0.426 e. The number of carbonyl (C=O) groups excluding carboxylic acids is 1. The third kappa shape index (κ3) is 4.82. The van der Waals surface area contributed by atoms with Gasteiger partial charge in [0, 0.05) is 23.5 Å². The maximum Gasteiger partial charge on any atom is 0.311 e. The second kappa shape index (κ2) is 8.85. The van der Waals surface area contributed by atoms with E-state index in [0.29, 0.717) is 24.6 Å². The van der Waals surface area contributed by atoms with Crippen molar-refractivity contribution >= 4 is 16.9 Å². The van der Waals surface area contributed by atoms with Gasteiger partial charge >= 0.3 is 5.97 Å². The highest BCUT2D eigenvalue weighted by atomic mass is 16.5. The van der Waals surface area contributed by atoms with E-state index in [-0.39, 0.29) is 11.9 Å². The molecular weight excluding hydrogens is 302 g/mol. The van der Waals surface area contributed by atoms with E-state index in [1.807, 2.05) is 31.4 Å². The van der Waals surface area contributed by atoms with Crippen molar-refractivity contribution in [2.45, 2.75) is 33.1 Å². The van der Waals surface area contributed by atoms with Gasteiger partial charge in [-0.3, -0.25) is 4.79 Å². The highest BCUT2D eigenvalue weighted by Gasteiger charge is 2.17. The summed E-state index contributed by atoms with van der Waals surface area (Å²) >= 11 is 0. The molecule has 1 atom stereocenters. The fourth-order valence-corrected chi connectivity index (χ4v) is 3.09. The number of esters is 1. The summed E-state index contributed by atoms with van der Waals surface area (Å²) in [6.07, 6.45) is 4.17. The van der Waals surface area contributed by atoms with Crippen LogP contribution >= 0.6 is 0 Å². The Labute approximate surface area is 144 Å². The molecule has 1 aromatic carbocycles. The summed E-state index contributed by atoms with van der Waals surface area (Å²) in [5, 5.41) is 4.14. The number of ether oxygens (including phenoxy) is 1. The summed E-state index contributed by atoms with van der Waals surface area (Å²) in [5.74, 6) is 1.11. The minimum Gasteiger partial charge on any atom is -0.426 e. The molecule has 0 amide bonds. The van der Waals surface area contributed by atoms with Crippen LogP contribution in [0.4, 0.5) is 0 Å². The SMILES string of the molecule is CNCCc1c[nH]c2cccc(OC(=O)C[C@@H](CN)CC(C)C)c12. The summed E-state index contributed by atoms with van der Waals surface area (Å²) in [6.45, 7) is 5.67. The van der Waals surface area contributed by atoms with Crippen LogP contribution in [-0.4, -0.2) is 31.1 Å². The van der Waals surface area contributed by atoms with Crippen molar-refractivity contribution in [1.82, 2.24) is 10.3 Å². The van der Waals surface area contributed by atoms with Gasteiger partial charge in [-0.1, -0.05) is 19.9 Å². The predicted molar refractivity (Wildman–Crippen MR) is 98.2 cm³/mol. The second-order valence-corrected chi connectivity index (χ2v) is 6.76. The predicted octanol–water partition coefficient (Wildman–Crippen LogP) is 2.85. The first-order valence-corrected chi connectivity index (χ1v) is 8.69. The molecule has 0 unspecified atom stereocenters. The molecule has 0 saturated carbocycles.